The summed E-state index contributed by atoms with van der Waals surface area (Å²) in [4.78, 5) is 0.197. The fourth-order valence-corrected chi connectivity index (χ4v) is 5.91. The molecule has 0 unspecified atom stereocenters. The van der Waals surface area contributed by atoms with Crippen LogP contribution in [0.2, 0.25) is 0 Å². The number of aromatic nitrogens is 2. The number of hydrogen-bond acceptors (Lipinski definition) is 5. The third kappa shape index (κ3) is 3.34. The molecule has 0 radical (unpaired) electrons. The van der Waals surface area contributed by atoms with Crippen molar-refractivity contribution in [2.75, 3.05) is 0 Å². The molecule has 28 heavy (non-hydrogen) atoms. The molecule has 0 amide bonds. The van der Waals surface area contributed by atoms with Gasteiger partial charge in [-0.25, -0.2) is 21.9 Å². The van der Waals surface area contributed by atoms with Crippen LogP contribution in [0, 0.1) is 17.0 Å². The first-order valence-corrected chi connectivity index (χ1v) is 10.9. The van der Waals surface area contributed by atoms with Crippen LogP contribution in [-0.4, -0.2) is 24.7 Å². The van der Waals surface area contributed by atoms with Gasteiger partial charge in [-0.2, -0.15) is 0 Å². The molecule has 1 aromatic heterocycles. The molecule has 4 rings (SSSR count). The largest absolute Gasteiger partial charge is 0.240 e. The zero-order chi connectivity index (χ0) is 20.1. The summed E-state index contributed by atoms with van der Waals surface area (Å²) < 4.78 is 55.1. The zero-order valence-electron chi connectivity index (χ0n) is 15.1. The van der Waals surface area contributed by atoms with E-state index in [0.717, 1.165) is 12.1 Å². The molecular formula is C19H17F2N3O2S2. The molecule has 3 aromatic rings. The number of rotatable bonds is 5. The number of nitrogens with zero attached hydrogens (tertiary/aromatic N) is 2. The third-order valence-electron chi connectivity index (χ3n) is 5.03. The maximum atomic E-state index is 14.0. The van der Waals surface area contributed by atoms with E-state index in [-0.39, 0.29) is 27.8 Å². The Morgan fingerprint density at radius 1 is 1.07 bits per heavy atom. The molecule has 2 atom stereocenters. The quantitative estimate of drug-likeness (QED) is 0.677. The van der Waals surface area contributed by atoms with Gasteiger partial charge in [-0.05, 0) is 29.7 Å². The van der Waals surface area contributed by atoms with E-state index in [4.69, 9.17) is 0 Å². The van der Waals surface area contributed by atoms with E-state index in [0.29, 0.717) is 10.0 Å². The molecule has 0 aliphatic heterocycles. The highest BCUT2D eigenvalue weighted by atomic mass is 32.2. The molecule has 5 nitrogen and oxygen atoms in total. The summed E-state index contributed by atoms with van der Waals surface area (Å²) in [7, 11) is -3.66. The van der Waals surface area contributed by atoms with Crippen molar-refractivity contribution in [1.29, 1.82) is 0 Å². The fourth-order valence-electron chi connectivity index (χ4n) is 3.29. The summed E-state index contributed by atoms with van der Waals surface area (Å²) in [5.74, 6) is -1.55. The molecular weight excluding hydrogens is 404 g/mol. The van der Waals surface area contributed by atoms with Crippen LogP contribution in [-0.2, 0) is 10.0 Å². The third-order valence-corrected chi connectivity index (χ3v) is 7.53. The van der Waals surface area contributed by atoms with Gasteiger partial charge in [0.15, 0.2) is 5.01 Å². The van der Waals surface area contributed by atoms with E-state index in [1.54, 1.807) is 18.2 Å². The number of hydrogen-bond donors (Lipinski definition) is 1. The summed E-state index contributed by atoms with van der Waals surface area (Å²) in [6, 6.07) is 11.1. The van der Waals surface area contributed by atoms with Crippen molar-refractivity contribution in [2.45, 2.75) is 30.7 Å². The van der Waals surface area contributed by atoms with Gasteiger partial charge in [0.2, 0.25) is 10.0 Å². The topological polar surface area (TPSA) is 72.0 Å². The maximum Gasteiger partial charge on any atom is 0.240 e. The van der Waals surface area contributed by atoms with Crippen LogP contribution in [0.15, 0.2) is 53.4 Å². The second-order valence-corrected chi connectivity index (χ2v) is 10.0. The van der Waals surface area contributed by atoms with Crippen LogP contribution < -0.4 is 4.72 Å². The highest BCUT2D eigenvalue weighted by molar-refractivity contribution is 7.89. The Balaban J connectivity index is 1.58. The molecule has 1 heterocycles. The Labute approximate surface area is 165 Å². The maximum absolute atomic E-state index is 14.0. The van der Waals surface area contributed by atoms with E-state index >= 15 is 0 Å². The van der Waals surface area contributed by atoms with Gasteiger partial charge >= 0.3 is 0 Å². The molecule has 9 heteroatoms. The molecule has 2 aromatic carbocycles. The monoisotopic (exact) mass is 421 g/mol. The Morgan fingerprint density at radius 2 is 1.79 bits per heavy atom. The summed E-state index contributed by atoms with van der Waals surface area (Å²) in [6.07, 6.45) is 0. The first-order chi connectivity index (χ1) is 13.2. The molecule has 1 aliphatic rings. The van der Waals surface area contributed by atoms with Crippen molar-refractivity contribution < 1.29 is 17.2 Å². The van der Waals surface area contributed by atoms with Gasteiger partial charge in [0.25, 0.3) is 0 Å². The lowest BCUT2D eigenvalue weighted by Crippen LogP contribution is -2.29. The van der Waals surface area contributed by atoms with E-state index in [1.165, 1.54) is 29.5 Å². The lowest BCUT2D eigenvalue weighted by atomic mass is 10.1. The van der Waals surface area contributed by atoms with Gasteiger partial charge in [-0.3, -0.25) is 0 Å². The molecule has 0 spiro atoms. The Bertz CT molecular complexity index is 1130. The molecule has 1 saturated carbocycles. The van der Waals surface area contributed by atoms with E-state index in [2.05, 4.69) is 14.9 Å². The van der Waals surface area contributed by atoms with Crippen LogP contribution >= 0.6 is 11.3 Å². The van der Waals surface area contributed by atoms with Crippen LogP contribution in [0.25, 0.3) is 10.6 Å². The van der Waals surface area contributed by atoms with E-state index in [1.807, 2.05) is 13.8 Å². The normalized spacial score (nSPS) is 20.9. The van der Waals surface area contributed by atoms with Gasteiger partial charge in [0.05, 0.1) is 4.90 Å². The van der Waals surface area contributed by atoms with Crippen LogP contribution in [0.5, 0.6) is 0 Å². The van der Waals surface area contributed by atoms with E-state index < -0.39 is 21.7 Å². The summed E-state index contributed by atoms with van der Waals surface area (Å²) in [6.45, 7) is 3.88. The molecule has 1 aliphatic carbocycles. The molecule has 0 bridgehead atoms. The van der Waals surface area contributed by atoms with Gasteiger partial charge in [0.1, 0.15) is 16.6 Å². The van der Waals surface area contributed by atoms with Crippen LogP contribution in [0.3, 0.4) is 0 Å². The summed E-state index contributed by atoms with van der Waals surface area (Å²) >= 11 is 1.18. The average Bonchev–Trinajstić information content (AvgIpc) is 2.96. The summed E-state index contributed by atoms with van der Waals surface area (Å²) in [5, 5.41) is 9.11. The highest BCUT2D eigenvalue weighted by Gasteiger charge is 2.61. The van der Waals surface area contributed by atoms with Crippen molar-refractivity contribution in [3.05, 3.63) is 65.2 Å². The number of sulfonamides is 1. The van der Waals surface area contributed by atoms with E-state index in [9.17, 15) is 17.2 Å². The SMILES string of the molecule is CC1(C)[C@H](NS(=O)(=O)c2ccccc2)[C@@H]1c1nnc(-c2ccc(F)cc2F)s1. The summed E-state index contributed by atoms with van der Waals surface area (Å²) in [5.41, 5.74) is -0.190. The standard InChI is InChI=1S/C19H17F2N3O2S2/c1-19(2)15(16(19)24-28(25,26)12-6-4-3-5-7-12)18-23-22-17(27-18)13-9-8-11(20)10-14(13)21/h3-10,15-16,24H,1-2H3/t15-,16-/m1/s1. The minimum absolute atomic E-state index is 0.171. The fraction of sp³-hybridized carbons (Fsp3) is 0.263. The Kier molecular flexibility index (Phi) is 4.56. The first kappa shape index (κ1) is 19.1. The lowest BCUT2D eigenvalue weighted by molar-refractivity contribution is 0.552. The number of benzene rings is 2. The Hall–Kier alpha value is -2.23. The first-order valence-electron chi connectivity index (χ1n) is 8.56. The number of halogens is 2. The second-order valence-electron chi connectivity index (χ2n) is 7.28. The van der Waals surface area contributed by atoms with Crippen molar-refractivity contribution in [2.24, 2.45) is 5.41 Å². The smallest absolute Gasteiger partial charge is 0.207 e. The minimum Gasteiger partial charge on any atom is -0.207 e. The zero-order valence-corrected chi connectivity index (χ0v) is 16.7. The van der Waals surface area contributed by atoms with Crippen molar-refractivity contribution in [1.82, 2.24) is 14.9 Å². The minimum atomic E-state index is -3.66. The predicted molar refractivity (Wildman–Crippen MR) is 102 cm³/mol. The van der Waals surface area contributed by atoms with Crippen LogP contribution in [0.4, 0.5) is 8.78 Å². The van der Waals surface area contributed by atoms with Crippen molar-refractivity contribution >= 4 is 21.4 Å². The molecule has 146 valence electrons. The van der Waals surface area contributed by atoms with Crippen molar-refractivity contribution in [3.8, 4) is 10.6 Å². The number of nitrogens with one attached hydrogen (secondary N) is 1. The van der Waals surface area contributed by atoms with Crippen molar-refractivity contribution in [3.63, 3.8) is 0 Å². The predicted octanol–water partition coefficient (Wildman–Crippen LogP) is 3.95. The van der Waals surface area contributed by atoms with Gasteiger partial charge in [-0.1, -0.05) is 43.4 Å². The molecule has 1 N–H and O–H groups in total. The van der Waals surface area contributed by atoms with Crippen LogP contribution in [0.1, 0.15) is 24.8 Å². The molecule has 0 saturated heterocycles. The highest BCUT2D eigenvalue weighted by Crippen LogP contribution is 2.59. The average molecular weight is 421 g/mol. The Morgan fingerprint density at radius 3 is 2.46 bits per heavy atom. The van der Waals surface area contributed by atoms with Gasteiger partial charge in [0, 0.05) is 23.6 Å². The van der Waals surface area contributed by atoms with Gasteiger partial charge < -0.3 is 0 Å². The van der Waals surface area contributed by atoms with Gasteiger partial charge in [-0.15, -0.1) is 10.2 Å². The second kappa shape index (κ2) is 6.68. The lowest BCUT2D eigenvalue weighted by Gasteiger charge is -2.07. The molecule has 1 fully saturated rings.